The Labute approximate surface area is 172 Å². The third kappa shape index (κ3) is 3.65. The van der Waals surface area contributed by atoms with Crippen molar-refractivity contribution in [3.05, 3.63) is 69.4 Å². The van der Waals surface area contributed by atoms with E-state index >= 15 is 0 Å². The second-order valence-corrected chi connectivity index (χ2v) is 8.18. The molecular formula is C22H21IN2O2. The molecule has 27 heavy (non-hydrogen) atoms. The average molecular weight is 472 g/mol. The number of hydrogen-bond donors (Lipinski definition) is 0. The molecule has 138 valence electrons. The van der Waals surface area contributed by atoms with E-state index in [2.05, 4.69) is 57.6 Å². The number of halogens is 1. The summed E-state index contributed by atoms with van der Waals surface area (Å²) in [4.78, 5) is 26.1. The number of fused-ring (bicyclic) bond motifs is 2. The average Bonchev–Trinajstić information content (AvgIpc) is 3.18. The van der Waals surface area contributed by atoms with E-state index in [0.29, 0.717) is 17.7 Å². The van der Waals surface area contributed by atoms with Gasteiger partial charge in [0.05, 0.1) is 11.1 Å². The molecule has 0 aliphatic carbocycles. The van der Waals surface area contributed by atoms with Crippen LogP contribution in [0.3, 0.4) is 0 Å². The van der Waals surface area contributed by atoms with E-state index in [1.165, 1.54) is 19.4 Å². The molecule has 0 saturated carbocycles. The van der Waals surface area contributed by atoms with Gasteiger partial charge in [0, 0.05) is 33.8 Å². The number of carbonyl (C=O) groups is 2. The van der Waals surface area contributed by atoms with E-state index in [1.54, 1.807) is 24.3 Å². The lowest BCUT2D eigenvalue weighted by molar-refractivity contribution is 0.0651. The summed E-state index contributed by atoms with van der Waals surface area (Å²) >= 11 is 2.34. The Kier molecular flexibility index (Phi) is 5.29. The summed E-state index contributed by atoms with van der Waals surface area (Å²) in [7, 11) is 0. The summed E-state index contributed by atoms with van der Waals surface area (Å²) in [6.07, 6.45) is 6.21. The molecule has 0 atom stereocenters. The van der Waals surface area contributed by atoms with Gasteiger partial charge in [-0.15, -0.1) is 0 Å². The zero-order valence-electron chi connectivity index (χ0n) is 15.0. The van der Waals surface area contributed by atoms with Gasteiger partial charge in [0.2, 0.25) is 0 Å². The van der Waals surface area contributed by atoms with E-state index in [9.17, 15) is 9.59 Å². The van der Waals surface area contributed by atoms with Gasteiger partial charge in [-0.25, -0.2) is 0 Å². The smallest absolute Gasteiger partial charge is 0.261 e. The lowest BCUT2D eigenvalue weighted by Crippen LogP contribution is -2.30. The van der Waals surface area contributed by atoms with Crippen molar-refractivity contribution < 1.29 is 9.59 Å². The zero-order valence-corrected chi connectivity index (χ0v) is 17.2. The second-order valence-electron chi connectivity index (χ2n) is 6.93. The topological polar surface area (TPSA) is 42.3 Å². The number of hydrogen-bond acceptors (Lipinski definition) is 2. The molecule has 4 nitrogen and oxygen atoms in total. The van der Waals surface area contributed by atoms with Crippen LogP contribution in [-0.4, -0.2) is 27.8 Å². The van der Waals surface area contributed by atoms with Crippen LogP contribution >= 0.6 is 22.6 Å². The van der Waals surface area contributed by atoms with E-state index in [-0.39, 0.29) is 11.8 Å². The second kappa shape index (κ2) is 7.84. The highest BCUT2D eigenvalue weighted by molar-refractivity contribution is 14.1. The van der Waals surface area contributed by atoms with E-state index in [0.717, 1.165) is 32.2 Å². The fourth-order valence-electron chi connectivity index (χ4n) is 3.71. The van der Waals surface area contributed by atoms with E-state index in [1.807, 2.05) is 0 Å². The van der Waals surface area contributed by atoms with Gasteiger partial charge in [-0.1, -0.05) is 25.0 Å². The van der Waals surface area contributed by atoms with Crippen LogP contribution in [0.15, 0.2) is 54.7 Å². The van der Waals surface area contributed by atoms with Gasteiger partial charge in [-0.2, -0.15) is 0 Å². The van der Waals surface area contributed by atoms with Gasteiger partial charge in [0.15, 0.2) is 0 Å². The third-order valence-electron chi connectivity index (χ3n) is 5.14. The highest BCUT2D eigenvalue weighted by atomic mass is 127. The fourth-order valence-corrected chi connectivity index (χ4v) is 4.23. The molecule has 2 amide bonds. The first-order valence-electron chi connectivity index (χ1n) is 9.35. The van der Waals surface area contributed by atoms with Crippen molar-refractivity contribution in [3.8, 4) is 0 Å². The highest BCUT2D eigenvalue weighted by Gasteiger charge is 2.34. The Morgan fingerprint density at radius 2 is 1.44 bits per heavy atom. The van der Waals surface area contributed by atoms with E-state index < -0.39 is 0 Å². The summed E-state index contributed by atoms with van der Waals surface area (Å²) in [6, 6.07) is 15.8. The number of aromatic nitrogens is 1. The maximum Gasteiger partial charge on any atom is 0.261 e. The minimum atomic E-state index is -0.149. The summed E-state index contributed by atoms with van der Waals surface area (Å²) in [5.41, 5.74) is 2.36. The Morgan fingerprint density at radius 1 is 0.778 bits per heavy atom. The first kappa shape index (κ1) is 18.2. The van der Waals surface area contributed by atoms with Gasteiger partial charge in [-0.05, 0) is 71.8 Å². The molecule has 0 bridgehead atoms. The number of carbonyl (C=O) groups excluding carboxylic acids is 2. The Hall–Kier alpha value is -2.15. The van der Waals surface area contributed by atoms with Crippen molar-refractivity contribution in [2.75, 3.05) is 6.54 Å². The molecule has 2 heterocycles. The van der Waals surface area contributed by atoms with Crippen LogP contribution in [0.5, 0.6) is 0 Å². The molecule has 2 aromatic carbocycles. The van der Waals surface area contributed by atoms with Crippen molar-refractivity contribution in [2.45, 2.75) is 32.2 Å². The van der Waals surface area contributed by atoms with Crippen molar-refractivity contribution in [1.82, 2.24) is 9.47 Å². The maximum absolute atomic E-state index is 12.3. The van der Waals surface area contributed by atoms with Gasteiger partial charge in [0.1, 0.15) is 0 Å². The summed E-state index contributed by atoms with van der Waals surface area (Å²) in [6.45, 7) is 1.51. The van der Waals surface area contributed by atoms with Gasteiger partial charge >= 0.3 is 0 Å². The number of nitrogens with zero attached hydrogens (tertiary/aromatic N) is 2. The molecule has 0 N–H and O–H groups in total. The van der Waals surface area contributed by atoms with Crippen LogP contribution in [0.2, 0.25) is 0 Å². The van der Waals surface area contributed by atoms with Crippen LogP contribution in [0.1, 0.15) is 46.4 Å². The molecule has 1 aliphatic heterocycles. The van der Waals surface area contributed by atoms with Crippen LogP contribution in [0, 0.1) is 3.57 Å². The minimum Gasteiger partial charge on any atom is -0.347 e. The lowest BCUT2D eigenvalue weighted by atomic mass is 10.1. The number of unbranched alkanes of at least 4 members (excludes halogenated alkanes) is 3. The Bertz CT molecular complexity index is 973. The van der Waals surface area contributed by atoms with Gasteiger partial charge < -0.3 is 4.57 Å². The van der Waals surface area contributed by atoms with Crippen LogP contribution in [0.4, 0.5) is 0 Å². The molecule has 1 aromatic heterocycles. The Morgan fingerprint density at radius 3 is 2.15 bits per heavy atom. The molecule has 0 fully saturated rings. The number of amides is 2. The van der Waals surface area contributed by atoms with Gasteiger partial charge in [0.25, 0.3) is 11.8 Å². The molecule has 0 radical (unpaired) electrons. The minimum absolute atomic E-state index is 0.149. The highest BCUT2D eigenvalue weighted by Crippen LogP contribution is 2.23. The maximum atomic E-state index is 12.3. The quantitative estimate of drug-likeness (QED) is 0.273. The molecule has 5 heteroatoms. The zero-order chi connectivity index (χ0) is 18.8. The van der Waals surface area contributed by atoms with Crippen molar-refractivity contribution in [2.24, 2.45) is 0 Å². The molecule has 0 saturated heterocycles. The first-order chi connectivity index (χ1) is 13.1. The van der Waals surface area contributed by atoms with Crippen molar-refractivity contribution in [3.63, 3.8) is 0 Å². The normalized spacial score (nSPS) is 13.6. The van der Waals surface area contributed by atoms with Crippen LogP contribution in [-0.2, 0) is 6.54 Å². The number of rotatable bonds is 7. The predicted molar refractivity (Wildman–Crippen MR) is 115 cm³/mol. The van der Waals surface area contributed by atoms with Crippen molar-refractivity contribution >= 4 is 45.3 Å². The fraction of sp³-hybridized carbons (Fsp3) is 0.273. The lowest BCUT2D eigenvalue weighted by Gasteiger charge is -2.13. The monoisotopic (exact) mass is 472 g/mol. The largest absolute Gasteiger partial charge is 0.347 e. The molecule has 1 aliphatic rings. The van der Waals surface area contributed by atoms with E-state index in [4.69, 9.17) is 0 Å². The van der Waals surface area contributed by atoms with Crippen LogP contribution in [0.25, 0.3) is 10.9 Å². The SMILES string of the molecule is O=C1c2ccccc2C(=O)N1CCCCCCn1ccc2cc(I)ccc21. The molecule has 3 aromatic rings. The molecule has 0 unspecified atom stereocenters. The summed E-state index contributed by atoms with van der Waals surface area (Å²) in [5.74, 6) is -0.298. The van der Waals surface area contributed by atoms with Crippen LogP contribution < -0.4 is 0 Å². The summed E-state index contributed by atoms with van der Waals surface area (Å²) in [5, 5.41) is 1.28. The molecule has 0 spiro atoms. The standard InChI is InChI=1S/C22H21IN2O2/c23-17-9-10-20-16(15-17)11-14-24(20)12-5-1-2-6-13-25-21(26)18-7-3-4-8-19(18)22(25)27/h3-4,7-11,14-15H,1-2,5-6,12-13H2. The van der Waals surface area contributed by atoms with Gasteiger partial charge in [-0.3, -0.25) is 14.5 Å². The predicted octanol–water partition coefficient (Wildman–Crippen LogP) is 5.10. The third-order valence-corrected chi connectivity index (χ3v) is 5.81. The first-order valence-corrected chi connectivity index (χ1v) is 10.4. The number of imide groups is 1. The van der Waals surface area contributed by atoms with Crippen molar-refractivity contribution in [1.29, 1.82) is 0 Å². The number of benzene rings is 2. The molecular weight excluding hydrogens is 451 g/mol. The summed E-state index contributed by atoms with van der Waals surface area (Å²) < 4.78 is 3.56. The number of aryl methyl sites for hydroxylation is 1. The molecule has 4 rings (SSSR count). The Balaban J connectivity index is 1.23.